The average Bonchev–Trinajstić information content (AvgIpc) is 3.00. The molecule has 3 aromatic carbocycles. The van der Waals surface area contributed by atoms with E-state index in [0.29, 0.717) is 0 Å². The minimum Gasteiger partial charge on any atom is -0.327 e. The first kappa shape index (κ1) is 17.9. The highest BCUT2D eigenvalue weighted by Crippen LogP contribution is 2.54. The smallest absolute Gasteiger partial charge is 0.110 e. The molecular formula is C25H25NS. The molecule has 4 rings (SSSR count). The molecule has 0 aromatic heterocycles. The zero-order chi connectivity index (χ0) is 19.0. The molecule has 2 heteroatoms. The average molecular weight is 372 g/mol. The van der Waals surface area contributed by atoms with E-state index in [1.54, 1.807) is 0 Å². The molecule has 1 unspecified atom stereocenters. The Kier molecular flexibility index (Phi) is 4.84. The summed E-state index contributed by atoms with van der Waals surface area (Å²) in [5.41, 5.74) is 9.36. The lowest BCUT2D eigenvalue weighted by Gasteiger charge is -2.31. The Morgan fingerprint density at radius 3 is 1.93 bits per heavy atom. The molecule has 0 saturated carbocycles. The van der Waals surface area contributed by atoms with Gasteiger partial charge < -0.3 is 4.90 Å². The van der Waals surface area contributed by atoms with Gasteiger partial charge in [-0.3, -0.25) is 0 Å². The molecule has 3 aromatic rings. The lowest BCUT2D eigenvalue weighted by molar-refractivity contribution is 0.889. The first-order valence-corrected chi connectivity index (χ1v) is 10.3. The van der Waals surface area contributed by atoms with E-state index in [9.17, 15) is 0 Å². The van der Waals surface area contributed by atoms with Crippen molar-refractivity contribution in [2.45, 2.75) is 33.1 Å². The Hall–Kier alpha value is -2.45. The molecule has 1 nitrogen and oxygen atoms in total. The predicted molar refractivity (Wildman–Crippen MR) is 119 cm³/mol. The van der Waals surface area contributed by atoms with Crippen LogP contribution in [0.25, 0.3) is 4.91 Å². The van der Waals surface area contributed by atoms with Crippen molar-refractivity contribution < 1.29 is 0 Å². The third kappa shape index (κ3) is 3.19. The fraction of sp³-hybridized carbons (Fsp3) is 0.200. The van der Waals surface area contributed by atoms with Crippen LogP contribution in [0.5, 0.6) is 0 Å². The molecule has 27 heavy (non-hydrogen) atoms. The second-order valence-corrected chi connectivity index (χ2v) is 8.30. The molecule has 0 fully saturated rings. The highest BCUT2D eigenvalue weighted by Gasteiger charge is 2.35. The monoisotopic (exact) mass is 371 g/mol. The van der Waals surface area contributed by atoms with Crippen molar-refractivity contribution in [3.63, 3.8) is 0 Å². The zero-order valence-corrected chi connectivity index (χ0v) is 17.2. The fourth-order valence-corrected chi connectivity index (χ4v) is 5.58. The number of rotatable bonds is 3. The van der Waals surface area contributed by atoms with Gasteiger partial charge >= 0.3 is 0 Å². The van der Waals surface area contributed by atoms with Gasteiger partial charge in [0.25, 0.3) is 0 Å². The van der Waals surface area contributed by atoms with Crippen LogP contribution in [0.3, 0.4) is 0 Å². The van der Waals surface area contributed by atoms with Crippen LogP contribution in [-0.2, 0) is 0 Å². The van der Waals surface area contributed by atoms with Crippen molar-refractivity contribution in [1.82, 2.24) is 0 Å². The maximum atomic E-state index is 2.53. The van der Waals surface area contributed by atoms with Crippen LogP contribution < -0.4 is 4.90 Å². The third-order valence-corrected chi connectivity index (χ3v) is 6.79. The molecule has 0 radical (unpaired) electrons. The van der Waals surface area contributed by atoms with E-state index < -0.39 is 0 Å². The number of allylic oxidation sites excluding steroid dienone is 1. The van der Waals surface area contributed by atoms with Gasteiger partial charge in [0.15, 0.2) is 0 Å². The van der Waals surface area contributed by atoms with Crippen molar-refractivity contribution in [2.24, 2.45) is 0 Å². The molecule has 0 bridgehead atoms. The van der Waals surface area contributed by atoms with Crippen LogP contribution in [0.2, 0.25) is 0 Å². The summed E-state index contributed by atoms with van der Waals surface area (Å²) in [6, 6.07) is 26.1. The van der Waals surface area contributed by atoms with Gasteiger partial charge in [0.2, 0.25) is 0 Å². The van der Waals surface area contributed by atoms with Crippen LogP contribution in [0, 0.1) is 20.8 Å². The number of para-hydroxylation sites is 1. The van der Waals surface area contributed by atoms with Gasteiger partial charge in [0, 0.05) is 16.3 Å². The minimum absolute atomic E-state index is 0.252. The van der Waals surface area contributed by atoms with Crippen LogP contribution >= 0.6 is 11.8 Å². The Morgan fingerprint density at radius 2 is 1.26 bits per heavy atom. The minimum atomic E-state index is 0.252. The van der Waals surface area contributed by atoms with Crippen molar-refractivity contribution in [2.75, 3.05) is 4.90 Å². The Labute approximate surface area is 166 Å². The van der Waals surface area contributed by atoms with E-state index in [2.05, 4.69) is 105 Å². The fourth-order valence-electron chi connectivity index (χ4n) is 3.95. The summed E-state index contributed by atoms with van der Waals surface area (Å²) >= 11 is 1.97. The Morgan fingerprint density at radius 1 is 0.667 bits per heavy atom. The van der Waals surface area contributed by atoms with E-state index in [-0.39, 0.29) is 5.37 Å². The summed E-state index contributed by atoms with van der Waals surface area (Å²) < 4.78 is 0. The number of benzene rings is 3. The summed E-state index contributed by atoms with van der Waals surface area (Å²) in [6.07, 6.45) is 0. The maximum Gasteiger partial charge on any atom is 0.110 e. The lowest BCUT2D eigenvalue weighted by Crippen LogP contribution is -2.23. The Balaban J connectivity index is 1.91. The first-order valence-electron chi connectivity index (χ1n) is 9.42. The predicted octanol–water partition coefficient (Wildman–Crippen LogP) is 7.25. The SMILES string of the molecule is CC1=C(c2ccccc2)SC(c2c(C)cccc2C)N1c1ccccc1C. The van der Waals surface area contributed by atoms with Crippen molar-refractivity contribution in [1.29, 1.82) is 0 Å². The van der Waals surface area contributed by atoms with Gasteiger partial charge in [-0.05, 0) is 61.6 Å². The third-order valence-electron chi connectivity index (χ3n) is 5.35. The second-order valence-electron chi connectivity index (χ2n) is 7.21. The molecule has 1 atom stereocenters. The summed E-state index contributed by atoms with van der Waals surface area (Å²) in [5, 5.41) is 0.252. The Bertz CT molecular complexity index is 984. The highest BCUT2D eigenvalue weighted by atomic mass is 32.2. The molecular weight excluding hydrogens is 346 g/mol. The van der Waals surface area contributed by atoms with E-state index in [1.165, 1.54) is 44.1 Å². The first-order chi connectivity index (χ1) is 13.1. The van der Waals surface area contributed by atoms with Crippen molar-refractivity contribution in [3.8, 4) is 0 Å². The molecule has 1 heterocycles. The molecule has 0 N–H and O–H groups in total. The second kappa shape index (κ2) is 7.28. The topological polar surface area (TPSA) is 3.24 Å². The van der Waals surface area contributed by atoms with E-state index in [1.807, 2.05) is 11.8 Å². The number of anilines is 1. The van der Waals surface area contributed by atoms with Gasteiger partial charge in [0.1, 0.15) is 5.37 Å². The van der Waals surface area contributed by atoms with Gasteiger partial charge in [-0.2, -0.15) is 0 Å². The molecule has 0 spiro atoms. The zero-order valence-electron chi connectivity index (χ0n) is 16.4. The number of nitrogens with zero attached hydrogens (tertiary/aromatic N) is 1. The number of hydrogen-bond acceptors (Lipinski definition) is 2. The summed E-state index contributed by atoms with van der Waals surface area (Å²) in [5.74, 6) is 0. The van der Waals surface area contributed by atoms with E-state index >= 15 is 0 Å². The molecule has 0 saturated heterocycles. The standard InChI is InChI=1S/C25H25NS/c1-17-11-8-9-16-22(17)26-20(4)24(21-14-6-5-7-15-21)27-25(26)23-18(2)12-10-13-19(23)3/h5-16,25H,1-4H3. The summed E-state index contributed by atoms with van der Waals surface area (Å²) in [7, 11) is 0. The van der Waals surface area contributed by atoms with E-state index in [4.69, 9.17) is 0 Å². The van der Waals surface area contributed by atoms with Crippen LogP contribution in [-0.4, -0.2) is 0 Å². The van der Waals surface area contributed by atoms with Gasteiger partial charge in [0.05, 0.1) is 0 Å². The highest BCUT2D eigenvalue weighted by molar-refractivity contribution is 8.09. The summed E-state index contributed by atoms with van der Waals surface area (Å²) in [4.78, 5) is 3.89. The number of hydrogen-bond donors (Lipinski definition) is 0. The number of aryl methyl sites for hydroxylation is 3. The van der Waals surface area contributed by atoms with Crippen LogP contribution in [0.1, 0.15) is 40.1 Å². The normalized spacial score (nSPS) is 16.9. The molecule has 0 amide bonds. The molecule has 0 aliphatic carbocycles. The van der Waals surface area contributed by atoms with Crippen LogP contribution in [0.15, 0.2) is 78.5 Å². The summed E-state index contributed by atoms with van der Waals surface area (Å²) in [6.45, 7) is 8.93. The van der Waals surface area contributed by atoms with Gasteiger partial charge in [-0.1, -0.05) is 78.5 Å². The molecule has 1 aliphatic heterocycles. The number of thioether (sulfide) groups is 1. The van der Waals surface area contributed by atoms with Gasteiger partial charge in [-0.25, -0.2) is 0 Å². The van der Waals surface area contributed by atoms with Crippen molar-refractivity contribution in [3.05, 3.63) is 106 Å². The van der Waals surface area contributed by atoms with E-state index in [0.717, 1.165) is 0 Å². The molecule has 1 aliphatic rings. The quantitative estimate of drug-likeness (QED) is 0.477. The van der Waals surface area contributed by atoms with Crippen molar-refractivity contribution >= 4 is 22.4 Å². The molecule has 136 valence electrons. The maximum absolute atomic E-state index is 2.53. The van der Waals surface area contributed by atoms with Gasteiger partial charge in [-0.15, -0.1) is 0 Å². The van der Waals surface area contributed by atoms with Crippen LogP contribution in [0.4, 0.5) is 5.69 Å². The largest absolute Gasteiger partial charge is 0.327 e. The lowest BCUT2D eigenvalue weighted by atomic mass is 10.0.